The molecule has 17 heavy (non-hydrogen) atoms. The Labute approximate surface area is 107 Å². The van der Waals surface area contributed by atoms with Gasteiger partial charge in [0.05, 0.1) is 6.61 Å². The van der Waals surface area contributed by atoms with Gasteiger partial charge in [0.25, 0.3) is 0 Å². The van der Waals surface area contributed by atoms with Crippen LogP contribution < -0.4 is 0 Å². The molecule has 0 fully saturated rings. The molecule has 0 aliphatic heterocycles. The molecule has 0 unspecified atom stereocenters. The molecule has 1 amide bonds. The van der Waals surface area contributed by atoms with E-state index < -0.39 is 0 Å². The van der Waals surface area contributed by atoms with Crippen LogP contribution in [0, 0.1) is 0 Å². The van der Waals surface area contributed by atoms with Crippen molar-refractivity contribution in [1.29, 1.82) is 0 Å². The molecule has 1 aromatic rings. The SMILES string of the molecule is CCSc1ccc(CN(C)C(=O)CCO)cc1. The second-order valence-corrected chi connectivity index (χ2v) is 5.14. The third kappa shape index (κ3) is 4.79. The fourth-order valence-corrected chi connectivity index (χ4v) is 2.17. The van der Waals surface area contributed by atoms with Crippen molar-refractivity contribution in [2.24, 2.45) is 0 Å². The van der Waals surface area contributed by atoms with Crippen molar-refractivity contribution in [3.8, 4) is 0 Å². The van der Waals surface area contributed by atoms with Crippen molar-refractivity contribution in [3.05, 3.63) is 29.8 Å². The lowest BCUT2D eigenvalue weighted by Crippen LogP contribution is -2.26. The zero-order valence-electron chi connectivity index (χ0n) is 10.3. The van der Waals surface area contributed by atoms with Gasteiger partial charge in [-0.2, -0.15) is 0 Å². The lowest BCUT2D eigenvalue weighted by Gasteiger charge is -2.16. The molecule has 3 nitrogen and oxygen atoms in total. The Morgan fingerprint density at radius 3 is 2.53 bits per heavy atom. The summed E-state index contributed by atoms with van der Waals surface area (Å²) in [6, 6.07) is 8.24. The Bertz CT molecular complexity index is 351. The Kier molecular flexibility index (Phi) is 6.08. The maximum absolute atomic E-state index is 11.5. The number of hydrogen-bond donors (Lipinski definition) is 1. The molecule has 1 N–H and O–H groups in total. The molecule has 94 valence electrons. The average molecular weight is 253 g/mol. The minimum atomic E-state index is -0.0880. The van der Waals surface area contributed by atoms with Gasteiger partial charge in [0.1, 0.15) is 0 Å². The van der Waals surface area contributed by atoms with Crippen LogP contribution >= 0.6 is 11.8 Å². The number of hydrogen-bond acceptors (Lipinski definition) is 3. The number of thioether (sulfide) groups is 1. The molecule has 0 spiro atoms. The zero-order chi connectivity index (χ0) is 12.7. The van der Waals surface area contributed by atoms with Crippen LogP contribution in [0.1, 0.15) is 18.9 Å². The van der Waals surface area contributed by atoms with Gasteiger partial charge < -0.3 is 10.0 Å². The summed E-state index contributed by atoms with van der Waals surface area (Å²) >= 11 is 1.80. The zero-order valence-corrected chi connectivity index (χ0v) is 11.2. The number of rotatable bonds is 6. The number of nitrogens with zero attached hydrogens (tertiary/aromatic N) is 1. The van der Waals surface area contributed by atoms with E-state index in [0.717, 1.165) is 11.3 Å². The van der Waals surface area contributed by atoms with E-state index in [1.54, 1.807) is 23.7 Å². The molecular formula is C13H19NO2S. The summed E-state index contributed by atoms with van der Waals surface area (Å²) in [5.41, 5.74) is 1.11. The minimum Gasteiger partial charge on any atom is -0.396 e. The van der Waals surface area contributed by atoms with E-state index in [1.165, 1.54) is 4.90 Å². The van der Waals surface area contributed by atoms with Crippen LogP contribution in [0.5, 0.6) is 0 Å². The molecule has 0 aromatic heterocycles. The summed E-state index contributed by atoms with van der Waals surface area (Å²) in [5, 5.41) is 8.70. The Balaban J connectivity index is 2.53. The topological polar surface area (TPSA) is 40.5 Å². The number of carbonyl (C=O) groups is 1. The van der Waals surface area contributed by atoms with Gasteiger partial charge in [-0.25, -0.2) is 0 Å². The molecule has 0 saturated carbocycles. The minimum absolute atomic E-state index is 0.0282. The highest BCUT2D eigenvalue weighted by atomic mass is 32.2. The highest BCUT2D eigenvalue weighted by molar-refractivity contribution is 7.99. The summed E-state index contributed by atoms with van der Waals surface area (Å²) in [4.78, 5) is 14.4. The molecule has 0 radical (unpaired) electrons. The monoisotopic (exact) mass is 253 g/mol. The van der Waals surface area contributed by atoms with E-state index >= 15 is 0 Å². The summed E-state index contributed by atoms with van der Waals surface area (Å²) in [7, 11) is 1.76. The Hall–Kier alpha value is -1.00. The first-order chi connectivity index (χ1) is 8.17. The van der Waals surface area contributed by atoms with Crippen molar-refractivity contribution in [1.82, 2.24) is 4.90 Å². The van der Waals surface area contributed by atoms with Gasteiger partial charge in [-0.05, 0) is 23.4 Å². The van der Waals surface area contributed by atoms with Gasteiger partial charge in [-0.15, -0.1) is 11.8 Å². The van der Waals surface area contributed by atoms with Crippen LogP contribution in [0.2, 0.25) is 0 Å². The van der Waals surface area contributed by atoms with E-state index in [9.17, 15) is 4.79 Å². The predicted octanol–water partition coefficient (Wildman–Crippen LogP) is 2.14. The third-order valence-corrected chi connectivity index (χ3v) is 3.30. The number of benzene rings is 1. The van der Waals surface area contributed by atoms with Crippen LogP contribution in [0.3, 0.4) is 0 Å². The Morgan fingerprint density at radius 2 is 2.00 bits per heavy atom. The highest BCUT2D eigenvalue weighted by Gasteiger charge is 2.08. The van der Waals surface area contributed by atoms with Gasteiger partial charge in [-0.1, -0.05) is 19.1 Å². The summed E-state index contributed by atoms with van der Waals surface area (Å²) in [5.74, 6) is 1.04. The molecule has 0 aliphatic rings. The van der Waals surface area contributed by atoms with E-state index in [1.807, 2.05) is 12.1 Å². The molecular weight excluding hydrogens is 234 g/mol. The van der Waals surface area contributed by atoms with Crippen molar-refractivity contribution in [2.45, 2.75) is 24.8 Å². The number of aliphatic hydroxyl groups excluding tert-OH is 1. The lowest BCUT2D eigenvalue weighted by molar-refractivity contribution is -0.131. The standard InChI is InChI=1S/C13H19NO2S/c1-3-17-12-6-4-11(5-7-12)10-14(2)13(16)8-9-15/h4-7,15H,3,8-10H2,1-2H3. The van der Waals surface area contributed by atoms with Crippen molar-refractivity contribution in [3.63, 3.8) is 0 Å². The predicted molar refractivity (Wildman–Crippen MR) is 71.0 cm³/mol. The molecule has 0 bridgehead atoms. The second kappa shape index (κ2) is 7.35. The number of amides is 1. The molecule has 0 atom stereocenters. The van der Waals surface area contributed by atoms with Crippen LogP contribution in [0.25, 0.3) is 0 Å². The maximum atomic E-state index is 11.5. The second-order valence-electron chi connectivity index (χ2n) is 3.80. The van der Waals surface area contributed by atoms with E-state index in [-0.39, 0.29) is 18.9 Å². The smallest absolute Gasteiger partial charge is 0.224 e. The van der Waals surface area contributed by atoms with Crippen LogP contribution in [-0.2, 0) is 11.3 Å². The summed E-state index contributed by atoms with van der Waals surface area (Å²) < 4.78 is 0. The van der Waals surface area contributed by atoms with Crippen molar-refractivity contribution >= 4 is 17.7 Å². The fraction of sp³-hybridized carbons (Fsp3) is 0.462. The average Bonchev–Trinajstić information content (AvgIpc) is 2.32. The molecule has 1 aromatic carbocycles. The first-order valence-corrected chi connectivity index (χ1v) is 6.72. The number of aliphatic hydroxyl groups is 1. The first kappa shape index (κ1) is 14.1. The fourth-order valence-electron chi connectivity index (χ4n) is 1.51. The molecule has 4 heteroatoms. The third-order valence-electron chi connectivity index (χ3n) is 2.41. The van der Waals surface area contributed by atoms with Crippen LogP contribution in [-0.4, -0.2) is 35.3 Å². The van der Waals surface area contributed by atoms with Crippen LogP contribution in [0.15, 0.2) is 29.2 Å². The van der Waals surface area contributed by atoms with Crippen molar-refractivity contribution < 1.29 is 9.90 Å². The first-order valence-electron chi connectivity index (χ1n) is 5.74. The van der Waals surface area contributed by atoms with Gasteiger partial charge in [0.15, 0.2) is 0 Å². The van der Waals surface area contributed by atoms with Gasteiger partial charge in [-0.3, -0.25) is 4.79 Å². The lowest BCUT2D eigenvalue weighted by atomic mass is 10.2. The summed E-state index contributed by atoms with van der Waals surface area (Å²) in [6.07, 6.45) is 0.195. The summed E-state index contributed by atoms with van der Waals surface area (Å²) in [6.45, 7) is 2.63. The van der Waals surface area contributed by atoms with Crippen LogP contribution in [0.4, 0.5) is 0 Å². The van der Waals surface area contributed by atoms with Gasteiger partial charge in [0.2, 0.25) is 5.91 Å². The number of carbonyl (C=O) groups excluding carboxylic acids is 1. The van der Waals surface area contributed by atoms with Crippen molar-refractivity contribution in [2.75, 3.05) is 19.4 Å². The van der Waals surface area contributed by atoms with E-state index in [2.05, 4.69) is 19.1 Å². The molecule has 0 aliphatic carbocycles. The van der Waals surface area contributed by atoms with E-state index in [4.69, 9.17) is 5.11 Å². The molecule has 0 heterocycles. The maximum Gasteiger partial charge on any atom is 0.224 e. The largest absolute Gasteiger partial charge is 0.396 e. The van der Waals surface area contributed by atoms with E-state index in [0.29, 0.717) is 6.54 Å². The molecule has 0 saturated heterocycles. The highest BCUT2D eigenvalue weighted by Crippen LogP contribution is 2.18. The Morgan fingerprint density at radius 1 is 1.35 bits per heavy atom. The van der Waals surface area contributed by atoms with Gasteiger partial charge in [0, 0.05) is 24.9 Å². The normalized spacial score (nSPS) is 10.3. The molecule has 1 rings (SSSR count). The quantitative estimate of drug-likeness (QED) is 0.790. The van der Waals surface area contributed by atoms with Gasteiger partial charge >= 0.3 is 0 Å².